The number of hydrogen-bond acceptors (Lipinski definition) is 4. The summed E-state index contributed by atoms with van der Waals surface area (Å²) in [5.41, 5.74) is 0. The van der Waals surface area contributed by atoms with Crippen LogP contribution in [0.15, 0.2) is 0 Å². The van der Waals surface area contributed by atoms with E-state index in [1.807, 2.05) is 0 Å². The molecule has 3 heterocycles. The third-order valence-corrected chi connectivity index (χ3v) is 4.73. The fraction of sp³-hybridized carbons (Fsp3) is 0.929. The van der Waals surface area contributed by atoms with Crippen LogP contribution in [-0.4, -0.2) is 55.6 Å². The fourth-order valence-corrected chi connectivity index (χ4v) is 3.70. The van der Waals surface area contributed by atoms with Gasteiger partial charge in [0, 0.05) is 18.6 Å². The third kappa shape index (κ3) is 2.46. The van der Waals surface area contributed by atoms with E-state index < -0.39 is 0 Å². The van der Waals surface area contributed by atoms with E-state index in [0.29, 0.717) is 18.4 Å². The molecule has 4 heteroatoms. The van der Waals surface area contributed by atoms with E-state index in [0.717, 1.165) is 39.1 Å². The molecule has 1 N–H and O–H groups in total. The number of likely N-dealkylation sites (tertiary alicyclic amines) is 1. The Morgan fingerprint density at radius 1 is 1.17 bits per heavy atom. The molecule has 0 saturated carbocycles. The largest absolute Gasteiger partial charge is 0.381 e. The molecule has 3 aliphatic heterocycles. The number of rotatable bonds is 3. The average molecular weight is 252 g/mol. The first kappa shape index (κ1) is 12.6. The van der Waals surface area contributed by atoms with E-state index >= 15 is 0 Å². The van der Waals surface area contributed by atoms with Gasteiger partial charge in [0.15, 0.2) is 5.78 Å². The third-order valence-electron chi connectivity index (χ3n) is 4.73. The lowest BCUT2D eigenvalue weighted by Gasteiger charge is -2.35. The van der Waals surface area contributed by atoms with Crippen LogP contribution in [0.4, 0.5) is 0 Å². The first-order valence-electron chi connectivity index (χ1n) is 7.44. The van der Waals surface area contributed by atoms with Crippen molar-refractivity contribution in [3.63, 3.8) is 0 Å². The highest BCUT2D eigenvalue weighted by molar-refractivity contribution is 5.87. The number of carbonyl (C=O) groups is 1. The monoisotopic (exact) mass is 252 g/mol. The minimum Gasteiger partial charge on any atom is -0.381 e. The normalized spacial score (nSPS) is 35.1. The Bertz CT molecular complexity index is 296. The molecule has 2 unspecified atom stereocenters. The van der Waals surface area contributed by atoms with E-state index in [2.05, 4.69) is 10.2 Å². The van der Waals surface area contributed by atoms with Gasteiger partial charge in [-0.1, -0.05) is 0 Å². The minimum absolute atomic E-state index is 0.178. The zero-order valence-electron chi connectivity index (χ0n) is 11.1. The van der Waals surface area contributed by atoms with Gasteiger partial charge in [-0.05, 0) is 51.7 Å². The van der Waals surface area contributed by atoms with Crippen molar-refractivity contribution < 1.29 is 9.53 Å². The fourth-order valence-electron chi connectivity index (χ4n) is 3.70. The highest BCUT2D eigenvalue weighted by Gasteiger charge is 2.39. The predicted molar refractivity (Wildman–Crippen MR) is 69.6 cm³/mol. The van der Waals surface area contributed by atoms with Crippen LogP contribution in [0.5, 0.6) is 0 Å². The van der Waals surface area contributed by atoms with Crippen molar-refractivity contribution in [2.24, 2.45) is 5.92 Å². The summed E-state index contributed by atoms with van der Waals surface area (Å²) in [7, 11) is 0. The number of hydrogen-bond donors (Lipinski definition) is 1. The van der Waals surface area contributed by atoms with Gasteiger partial charge >= 0.3 is 0 Å². The second kappa shape index (κ2) is 5.68. The van der Waals surface area contributed by atoms with E-state index in [4.69, 9.17) is 4.74 Å². The summed E-state index contributed by atoms with van der Waals surface area (Å²) in [6.45, 7) is 4.77. The van der Waals surface area contributed by atoms with Crippen LogP contribution in [0.3, 0.4) is 0 Å². The smallest absolute Gasteiger partial charge is 0.155 e. The van der Waals surface area contributed by atoms with E-state index in [-0.39, 0.29) is 12.0 Å². The summed E-state index contributed by atoms with van der Waals surface area (Å²) < 4.78 is 5.37. The lowest BCUT2D eigenvalue weighted by molar-refractivity contribution is -0.128. The van der Waals surface area contributed by atoms with Gasteiger partial charge in [-0.25, -0.2) is 0 Å². The van der Waals surface area contributed by atoms with Crippen LogP contribution in [0.2, 0.25) is 0 Å². The van der Waals surface area contributed by atoms with Gasteiger partial charge in [0.2, 0.25) is 0 Å². The molecular formula is C14H24N2O2. The van der Waals surface area contributed by atoms with Gasteiger partial charge in [-0.3, -0.25) is 9.69 Å². The molecule has 0 aromatic heterocycles. The number of nitrogens with zero attached hydrogens (tertiary/aromatic N) is 1. The highest BCUT2D eigenvalue weighted by Crippen LogP contribution is 2.28. The average Bonchev–Trinajstić information content (AvgIpc) is 3.10. The van der Waals surface area contributed by atoms with Crippen molar-refractivity contribution in [3.05, 3.63) is 0 Å². The van der Waals surface area contributed by atoms with Crippen LogP contribution >= 0.6 is 0 Å². The van der Waals surface area contributed by atoms with E-state index in [9.17, 15) is 4.79 Å². The van der Waals surface area contributed by atoms with Crippen molar-refractivity contribution in [1.82, 2.24) is 10.2 Å². The Hall–Kier alpha value is -0.450. The molecule has 0 bridgehead atoms. The van der Waals surface area contributed by atoms with Crippen molar-refractivity contribution >= 4 is 5.78 Å². The van der Waals surface area contributed by atoms with Gasteiger partial charge in [-0.15, -0.1) is 0 Å². The quantitative estimate of drug-likeness (QED) is 0.807. The molecule has 0 radical (unpaired) electrons. The van der Waals surface area contributed by atoms with Crippen LogP contribution < -0.4 is 5.32 Å². The SMILES string of the molecule is O=C(C1CCOC1)C1CCCN1C1CCNCC1. The van der Waals surface area contributed by atoms with Gasteiger partial charge in [0.25, 0.3) is 0 Å². The number of nitrogens with one attached hydrogen (secondary N) is 1. The minimum atomic E-state index is 0.178. The van der Waals surface area contributed by atoms with Crippen molar-refractivity contribution in [2.75, 3.05) is 32.8 Å². The van der Waals surface area contributed by atoms with Crippen molar-refractivity contribution in [3.8, 4) is 0 Å². The Kier molecular flexibility index (Phi) is 3.97. The first-order chi connectivity index (χ1) is 8.86. The van der Waals surface area contributed by atoms with Crippen LogP contribution in [0.1, 0.15) is 32.1 Å². The second-order valence-corrected chi connectivity index (χ2v) is 5.84. The molecule has 18 heavy (non-hydrogen) atoms. The standard InChI is InChI=1S/C14H24N2O2/c17-14(11-5-9-18-10-11)13-2-1-8-16(13)12-3-6-15-7-4-12/h11-13,15H,1-10H2. The van der Waals surface area contributed by atoms with Gasteiger partial charge in [-0.2, -0.15) is 0 Å². The summed E-state index contributed by atoms with van der Waals surface area (Å²) in [6, 6.07) is 0.824. The molecule has 3 aliphatic rings. The first-order valence-corrected chi connectivity index (χ1v) is 7.44. The number of piperidine rings is 1. The molecule has 4 nitrogen and oxygen atoms in total. The molecule has 0 aromatic rings. The Balaban J connectivity index is 1.64. The highest BCUT2D eigenvalue weighted by atomic mass is 16.5. The molecule has 0 aromatic carbocycles. The van der Waals surface area contributed by atoms with E-state index in [1.54, 1.807) is 0 Å². The van der Waals surface area contributed by atoms with Crippen molar-refractivity contribution in [1.29, 1.82) is 0 Å². The summed E-state index contributed by atoms with van der Waals surface area (Å²) in [6.07, 6.45) is 5.60. The molecule has 3 fully saturated rings. The maximum atomic E-state index is 12.6. The zero-order chi connectivity index (χ0) is 12.4. The molecule has 0 aliphatic carbocycles. The van der Waals surface area contributed by atoms with Gasteiger partial charge < -0.3 is 10.1 Å². The van der Waals surface area contributed by atoms with E-state index in [1.165, 1.54) is 19.3 Å². The number of carbonyl (C=O) groups excluding carboxylic acids is 1. The molecular weight excluding hydrogens is 228 g/mol. The zero-order valence-corrected chi connectivity index (χ0v) is 11.1. The number of Topliss-reactive ketones (excluding diaryl/α,β-unsaturated/α-hetero) is 1. The molecule has 2 atom stereocenters. The summed E-state index contributed by atoms with van der Waals surface area (Å²) in [4.78, 5) is 15.1. The lowest BCUT2D eigenvalue weighted by Crippen LogP contribution is -2.49. The van der Waals surface area contributed by atoms with Crippen LogP contribution in [0.25, 0.3) is 0 Å². The second-order valence-electron chi connectivity index (χ2n) is 5.84. The Labute approximate surface area is 109 Å². The summed E-state index contributed by atoms with van der Waals surface area (Å²) in [5, 5.41) is 3.41. The Morgan fingerprint density at radius 2 is 2.00 bits per heavy atom. The predicted octanol–water partition coefficient (Wildman–Crippen LogP) is 0.808. The number of ketones is 1. The molecule has 0 amide bonds. The maximum Gasteiger partial charge on any atom is 0.155 e. The lowest BCUT2D eigenvalue weighted by atomic mass is 9.94. The Morgan fingerprint density at radius 3 is 2.72 bits per heavy atom. The molecule has 3 saturated heterocycles. The maximum absolute atomic E-state index is 12.6. The molecule has 0 spiro atoms. The topological polar surface area (TPSA) is 41.6 Å². The van der Waals surface area contributed by atoms with Gasteiger partial charge in [0.05, 0.1) is 12.6 Å². The summed E-state index contributed by atoms with van der Waals surface area (Å²) in [5.74, 6) is 0.640. The molecule has 3 rings (SSSR count). The molecule has 102 valence electrons. The van der Waals surface area contributed by atoms with Crippen molar-refractivity contribution in [2.45, 2.75) is 44.2 Å². The van der Waals surface area contributed by atoms with Crippen LogP contribution in [0, 0.1) is 5.92 Å². The summed E-state index contributed by atoms with van der Waals surface area (Å²) >= 11 is 0. The van der Waals surface area contributed by atoms with Gasteiger partial charge in [0.1, 0.15) is 0 Å². The van der Waals surface area contributed by atoms with Crippen LogP contribution in [-0.2, 0) is 9.53 Å². The number of ether oxygens (including phenoxy) is 1.